The lowest BCUT2D eigenvalue weighted by Gasteiger charge is -2.21. The van der Waals surface area contributed by atoms with Crippen molar-refractivity contribution in [3.05, 3.63) is 72.4 Å². The Balaban J connectivity index is 1.60. The van der Waals surface area contributed by atoms with E-state index in [-0.39, 0.29) is 34.5 Å². The summed E-state index contributed by atoms with van der Waals surface area (Å²) in [6.07, 6.45) is 3.11. The highest BCUT2D eigenvalue weighted by atomic mass is 32.2. The first kappa shape index (κ1) is 28.7. The largest absolute Gasteiger partial charge is 0.476 e. The first-order chi connectivity index (χ1) is 19.6. The number of hydrogen-bond donors (Lipinski definition) is 2. The normalized spacial score (nSPS) is 17.4. The highest BCUT2D eigenvalue weighted by Gasteiger charge is 2.34. The molecule has 5 rings (SSSR count). The molecule has 1 unspecified atom stereocenters. The average molecular weight is 581 g/mol. The second kappa shape index (κ2) is 11.9. The summed E-state index contributed by atoms with van der Waals surface area (Å²) in [5.74, 6) is -1.84. The van der Waals surface area contributed by atoms with E-state index in [1.165, 1.54) is 6.07 Å². The van der Waals surface area contributed by atoms with Crippen LogP contribution in [0.3, 0.4) is 0 Å². The van der Waals surface area contributed by atoms with Crippen LogP contribution < -0.4 is 14.8 Å². The second-order valence-electron chi connectivity index (χ2n) is 11.2. The molecular formula is C30H34F2N6O2S. The van der Waals surface area contributed by atoms with Crippen molar-refractivity contribution in [3.8, 4) is 22.8 Å². The summed E-state index contributed by atoms with van der Waals surface area (Å²) in [4.78, 5) is 9.16. The molecule has 1 aromatic carbocycles. The molecule has 0 saturated carbocycles. The van der Waals surface area contributed by atoms with E-state index in [4.69, 9.17) is 9.72 Å². The van der Waals surface area contributed by atoms with Gasteiger partial charge in [-0.25, -0.2) is 27.6 Å². The molecule has 0 fully saturated rings. The minimum atomic E-state index is -3.08. The fourth-order valence-electron chi connectivity index (χ4n) is 4.47. The molecule has 4 bridgehead atoms. The van der Waals surface area contributed by atoms with Crippen molar-refractivity contribution in [2.45, 2.75) is 57.4 Å². The zero-order valence-electron chi connectivity index (χ0n) is 23.4. The van der Waals surface area contributed by atoms with Gasteiger partial charge in [0.05, 0.1) is 18.0 Å². The first-order valence-corrected chi connectivity index (χ1v) is 14.8. The molecule has 3 aromatic heterocycles. The van der Waals surface area contributed by atoms with Crippen LogP contribution in [0.1, 0.15) is 52.0 Å². The minimum absolute atomic E-state index is 0.0616. The molecule has 1 aliphatic rings. The van der Waals surface area contributed by atoms with Crippen molar-refractivity contribution < 1.29 is 17.7 Å². The Morgan fingerprint density at radius 2 is 1.80 bits per heavy atom. The Morgan fingerprint density at radius 3 is 2.63 bits per heavy atom. The molecule has 8 nitrogen and oxygen atoms in total. The standard InChI is InChI=1S/C30H34F2N6O2S/c1-29(2,3)20-40-26-16-19-38(36-26)23-14-15-25-35-28(23)21-10-5-6-11-22(21)30(31,32)17-7-4-8-18-33-24-12-9-13-27(34-24)41(39)37-25/h5-6,9-16,19H,4,7-8,17-18,20H2,1-3H3,(H,33,34)(H,35,37). The Labute approximate surface area is 241 Å². The molecule has 1 aliphatic heterocycles. The smallest absolute Gasteiger partial charge is 0.273 e. The van der Waals surface area contributed by atoms with Crippen LogP contribution >= 0.6 is 0 Å². The number of nitrogens with one attached hydrogen (secondary N) is 2. The number of aromatic nitrogens is 4. The Hall–Kier alpha value is -3.86. The van der Waals surface area contributed by atoms with E-state index in [0.29, 0.717) is 54.8 Å². The molecule has 0 amide bonds. The Bertz CT molecular complexity index is 1540. The van der Waals surface area contributed by atoms with Crippen LogP contribution in [0, 0.1) is 5.41 Å². The van der Waals surface area contributed by atoms with Crippen molar-refractivity contribution in [2.75, 3.05) is 23.2 Å². The summed E-state index contributed by atoms with van der Waals surface area (Å²) in [6.45, 7) is 7.22. The Morgan fingerprint density at radius 1 is 0.976 bits per heavy atom. The summed E-state index contributed by atoms with van der Waals surface area (Å²) in [5.41, 5.74) is 0.867. The zero-order chi connectivity index (χ0) is 29.0. The zero-order valence-corrected chi connectivity index (χ0v) is 24.2. The molecule has 216 valence electrons. The number of anilines is 2. The van der Waals surface area contributed by atoms with Crippen molar-refractivity contribution in [1.29, 1.82) is 0 Å². The third kappa shape index (κ3) is 7.08. The van der Waals surface area contributed by atoms with Crippen molar-refractivity contribution in [1.82, 2.24) is 19.7 Å². The van der Waals surface area contributed by atoms with Crippen LogP contribution in [-0.2, 0) is 16.9 Å². The predicted molar refractivity (Wildman–Crippen MR) is 157 cm³/mol. The maximum atomic E-state index is 15.7. The highest BCUT2D eigenvalue weighted by molar-refractivity contribution is 7.86. The summed E-state index contributed by atoms with van der Waals surface area (Å²) in [6, 6.07) is 16.7. The van der Waals surface area contributed by atoms with Gasteiger partial charge >= 0.3 is 0 Å². The molecule has 41 heavy (non-hydrogen) atoms. The van der Waals surface area contributed by atoms with Gasteiger partial charge in [-0.15, -0.1) is 5.10 Å². The minimum Gasteiger partial charge on any atom is -0.476 e. The lowest BCUT2D eigenvalue weighted by atomic mass is 9.94. The molecule has 11 heteroatoms. The van der Waals surface area contributed by atoms with Gasteiger partial charge in [0.2, 0.25) is 5.88 Å². The van der Waals surface area contributed by atoms with Crippen LogP contribution in [0.25, 0.3) is 16.9 Å². The number of hydrogen-bond acceptors (Lipinski definition) is 6. The number of pyridine rings is 2. The van der Waals surface area contributed by atoms with Gasteiger partial charge in [-0.05, 0) is 42.5 Å². The van der Waals surface area contributed by atoms with E-state index in [9.17, 15) is 4.21 Å². The SMILES string of the molecule is CC(C)(C)COc1ccn(-c2ccc3nc2-c2ccccc2C(F)(F)CCCCCNc2cccc(n2)S(=O)N3)n1. The molecule has 4 aromatic rings. The quantitative estimate of drug-likeness (QED) is 0.272. The van der Waals surface area contributed by atoms with Crippen molar-refractivity contribution in [2.24, 2.45) is 5.41 Å². The van der Waals surface area contributed by atoms with Gasteiger partial charge in [-0.2, -0.15) is 0 Å². The van der Waals surface area contributed by atoms with Crippen LogP contribution in [-0.4, -0.2) is 37.1 Å². The highest BCUT2D eigenvalue weighted by Crippen LogP contribution is 2.41. The first-order valence-electron chi connectivity index (χ1n) is 13.7. The number of fused-ring (bicyclic) bond motifs is 6. The van der Waals surface area contributed by atoms with E-state index >= 15 is 8.78 Å². The summed E-state index contributed by atoms with van der Waals surface area (Å²) in [7, 11) is -1.74. The lowest BCUT2D eigenvalue weighted by molar-refractivity contribution is -0.0151. The van der Waals surface area contributed by atoms with Gasteiger partial charge in [0.15, 0.2) is 16.0 Å². The fraction of sp³-hybridized carbons (Fsp3) is 0.367. The van der Waals surface area contributed by atoms with Crippen LogP contribution in [0.5, 0.6) is 5.88 Å². The van der Waals surface area contributed by atoms with Crippen molar-refractivity contribution >= 4 is 22.6 Å². The number of halogens is 2. The molecule has 0 saturated heterocycles. The maximum Gasteiger partial charge on any atom is 0.273 e. The second-order valence-corrected chi connectivity index (χ2v) is 12.4. The van der Waals surface area contributed by atoms with Gasteiger partial charge in [0.1, 0.15) is 11.6 Å². The van der Waals surface area contributed by atoms with E-state index in [1.54, 1.807) is 65.5 Å². The molecule has 2 N–H and O–H groups in total. The molecule has 0 radical (unpaired) electrons. The number of alkyl halides is 2. The van der Waals surface area contributed by atoms with E-state index in [1.807, 2.05) is 0 Å². The van der Waals surface area contributed by atoms with Gasteiger partial charge in [0, 0.05) is 36.4 Å². The van der Waals surface area contributed by atoms with Crippen LogP contribution in [0.2, 0.25) is 0 Å². The summed E-state index contributed by atoms with van der Waals surface area (Å²) in [5, 5.41) is 8.06. The number of rotatable bonds is 3. The van der Waals surface area contributed by atoms with Gasteiger partial charge in [-0.1, -0.05) is 57.5 Å². The molecule has 0 spiro atoms. The topological polar surface area (TPSA) is 94.0 Å². The third-order valence-electron chi connectivity index (χ3n) is 6.50. The van der Waals surface area contributed by atoms with Crippen LogP contribution in [0.4, 0.5) is 20.4 Å². The number of benzene rings is 1. The van der Waals surface area contributed by atoms with Gasteiger partial charge in [-0.3, -0.25) is 4.72 Å². The van der Waals surface area contributed by atoms with E-state index in [0.717, 1.165) is 0 Å². The van der Waals surface area contributed by atoms with Crippen LogP contribution in [0.15, 0.2) is 71.9 Å². The molecule has 1 atom stereocenters. The maximum absolute atomic E-state index is 15.7. The predicted octanol–water partition coefficient (Wildman–Crippen LogP) is 6.97. The van der Waals surface area contributed by atoms with Gasteiger partial charge < -0.3 is 10.1 Å². The molecule has 0 aliphatic carbocycles. The van der Waals surface area contributed by atoms with Gasteiger partial charge in [0.25, 0.3) is 5.92 Å². The number of nitrogens with zero attached hydrogens (tertiary/aromatic N) is 4. The lowest BCUT2D eigenvalue weighted by Crippen LogP contribution is -2.17. The average Bonchev–Trinajstić information content (AvgIpc) is 3.42. The van der Waals surface area contributed by atoms with E-state index < -0.39 is 16.9 Å². The van der Waals surface area contributed by atoms with Crippen molar-refractivity contribution in [3.63, 3.8) is 0 Å². The summed E-state index contributed by atoms with van der Waals surface area (Å²) >= 11 is 0. The summed E-state index contributed by atoms with van der Waals surface area (Å²) < 4.78 is 55.0. The third-order valence-corrected chi connectivity index (χ3v) is 7.50. The molecule has 4 heterocycles. The van der Waals surface area contributed by atoms with E-state index in [2.05, 4.69) is 40.9 Å². The fourth-order valence-corrected chi connectivity index (χ4v) is 5.26. The molecular weight excluding hydrogens is 546 g/mol. The Kier molecular flexibility index (Phi) is 8.35. The number of ether oxygens (including phenoxy) is 1. The monoisotopic (exact) mass is 580 g/mol.